The predicted octanol–water partition coefficient (Wildman–Crippen LogP) is 3.80. The summed E-state index contributed by atoms with van der Waals surface area (Å²) in [6.07, 6.45) is 3.22. The largest absolute Gasteiger partial charge is 0.494 e. The third-order valence-corrected chi connectivity index (χ3v) is 3.49. The smallest absolute Gasteiger partial charge is 0.119 e. The number of nitrogens with zero attached hydrogens (tertiary/aromatic N) is 1. The minimum atomic E-state index is 0.779. The highest BCUT2D eigenvalue weighted by atomic mass is 16.5. The van der Waals surface area contributed by atoms with Crippen LogP contribution < -0.4 is 4.74 Å². The average molecular weight is 283 g/mol. The second-order valence-corrected chi connectivity index (χ2v) is 5.63. The molecule has 2 aromatic carbocycles. The van der Waals surface area contributed by atoms with Gasteiger partial charge in [-0.3, -0.25) is 0 Å². The van der Waals surface area contributed by atoms with E-state index in [2.05, 4.69) is 73.6 Å². The molecule has 2 nitrogen and oxygen atoms in total. The Hall–Kier alpha value is -1.80. The summed E-state index contributed by atoms with van der Waals surface area (Å²) in [6.45, 7) is 1.84. The van der Waals surface area contributed by atoms with Crippen LogP contribution in [0.1, 0.15) is 17.5 Å². The monoisotopic (exact) mass is 283 g/mol. The normalized spacial score (nSPS) is 10.8. The summed E-state index contributed by atoms with van der Waals surface area (Å²) in [6, 6.07) is 19.1. The Balaban J connectivity index is 1.74. The highest BCUT2D eigenvalue weighted by Gasteiger charge is 1.98. The molecule has 0 unspecified atom stereocenters. The highest BCUT2D eigenvalue weighted by molar-refractivity contribution is 5.28. The van der Waals surface area contributed by atoms with E-state index < -0.39 is 0 Å². The van der Waals surface area contributed by atoms with Crippen LogP contribution in [0.4, 0.5) is 0 Å². The maximum Gasteiger partial charge on any atom is 0.119 e. The molecule has 2 heteroatoms. The van der Waals surface area contributed by atoms with Gasteiger partial charge in [0.05, 0.1) is 6.61 Å². The van der Waals surface area contributed by atoms with Gasteiger partial charge in [-0.2, -0.15) is 0 Å². The fraction of sp³-hybridized carbons (Fsp3) is 0.368. The molecule has 0 radical (unpaired) electrons. The maximum absolute atomic E-state index is 5.75. The van der Waals surface area contributed by atoms with Gasteiger partial charge < -0.3 is 9.64 Å². The van der Waals surface area contributed by atoms with Gasteiger partial charge in [0, 0.05) is 6.54 Å². The molecule has 0 saturated carbocycles. The van der Waals surface area contributed by atoms with E-state index in [4.69, 9.17) is 4.74 Å². The van der Waals surface area contributed by atoms with E-state index in [0.717, 1.165) is 38.2 Å². The van der Waals surface area contributed by atoms with Crippen LogP contribution in [0.3, 0.4) is 0 Å². The van der Waals surface area contributed by atoms with Gasteiger partial charge in [-0.05, 0) is 56.6 Å². The average Bonchev–Trinajstić information content (AvgIpc) is 2.51. The zero-order valence-electron chi connectivity index (χ0n) is 13.1. The number of aryl methyl sites for hydroxylation is 2. The second-order valence-electron chi connectivity index (χ2n) is 5.63. The van der Waals surface area contributed by atoms with Crippen molar-refractivity contribution in [3.8, 4) is 5.75 Å². The summed E-state index contributed by atoms with van der Waals surface area (Å²) in [5.74, 6) is 0.970. The van der Waals surface area contributed by atoms with Crippen LogP contribution in [0, 0.1) is 0 Å². The van der Waals surface area contributed by atoms with E-state index in [1.807, 2.05) is 0 Å². The molecule has 2 aromatic rings. The lowest BCUT2D eigenvalue weighted by Gasteiger charge is -2.10. The molecule has 0 bridgehead atoms. The van der Waals surface area contributed by atoms with E-state index >= 15 is 0 Å². The topological polar surface area (TPSA) is 12.5 Å². The zero-order valence-corrected chi connectivity index (χ0v) is 13.1. The van der Waals surface area contributed by atoms with Crippen molar-refractivity contribution in [3.05, 3.63) is 65.7 Å². The molecule has 0 amide bonds. The van der Waals surface area contributed by atoms with Gasteiger partial charge in [0.25, 0.3) is 0 Å². The third-order valence-electron chi connectivity index (χ3n) is 3.49. The molecule has 112 valence electrons. The van der Waals surface area contributed by atoms with Crippen LogP contribution in [0.5, 0.6) is 5.75 Å². The Morgan fingerprint density at radius 2 is 1.43 bits per heavy atom. The van der Waals surface area contributed by atoms with Gasteiger partial charge in [0.15, 0.2) is 0 Å². The number of ether oxygens (including phenoxy) is 1. The third kappa shape index (κ3) is 6.01. The molecule has 0 heterocycles. The Morgan fingerprint density at radius 3 is 2.05 bits per heavy atom. The van der Waals surface area contributed by atoms with E-state index in [9.17, 15) is 0 Å². The van der Waals surface area contributed by atoms with E-state index in [-0.39, 0.29) is 0 Å². The Labute approximate surface area is 128 Å². The lowest BCUT2D eigenvalue weighted by Crippen LogP contribution is -2.15. The molecule has 0 aliphatic rings. The number of hydrogen-bond acceptors (Lipinski definition) is 2. The lowest BCUT2D eigenvalue weighted by molar-refractivity contribution is 0.281. The first-order chi connectivity index (χ1) is 10.2. The van der Waals surface area contributed by atoms with Crippen LogP contribution in [0.15, 0.2) is 54.6 Å². The van der Waals surface area contributed by atoms with Crippen molar-refractivity contribution < 1.29 is 4.74 Å². The van der Waals surface area contributed by atoms with Crippen molar-refractivity contribution >= 4 is 0 Å². The van der Waals surface area contributed by atoms with Crippen LogP contribution in [0.2, 0.25) is 0 Å². The van der Waals surface area contributed by atoms with Gasteiger partial charge in [0.2, 0.25) is 0 Å². The number of rotatable bonds is 8. The zero-order chi connectivity index (χ0) is 14.9. The molecule has 21 heavy (non-hydrogen) atoms. The van der Waals surface area contributed by atoms with E-state index in [1.165, 1.54) is 11.1 Å². The van der Waals surface area contributed by atoms with Crippen molar-refractivity contribution in [2.75, 3.05) is 27.2 Å². The molecule has 0 N–H and O–H groups in total. The SMILES string of the molecule is CN(C)CCCOc1ccc(CCc2ccccc2)cc1. The first-order valence-electron chi connectivity index (χ1n) is 7.64. The van der Waals surface area contributed by atoms with Crippen LogP contribution in [-0.2, 0) is 12.8 Å². The molecule has 0 aromatic heterocycles. The summed E-state index contributed by atoms with van der Waals surface area (Å²) < 4.78 is 5.75. The van der Waals surface area contributed by atoms with Gasteiger partial charge in [-0.15, -0.1) is 0 Å². The van der Waals surface area contributed by atoms with Crippen LogP contribution in [-0.4, -0.2) is 32.1 Å². The summed E-state index contributed by atoms with van der Waals surface area (Å²) >= 11 is 0. The fourth-order valence-corrected chi connectivity index (χ4v) is 2.26. The van der Waals surface area contributed by atoms with Crippen molar-refractivity contribution in [2.45, 2.75) is 19.3 Å². The summed E-state index contributed by atoms with van der Waals surface area (Å²) in [7, 11) is 4.17. The molecular weight excluding hydrogens is 258 g/mol. The standard InChI is InChI=1S/C19H25NO/c1-20(2)15-6-16-21-19-13-11-18(12-14-19)10-9-17-7-4-3-5-8-17/h3-5,7-8,11-14H,6,9-10,15-16H2,1-2H3. The Kier molecular flexibility index (Phi) is 6.29. The van der Waals surface area contributed by atoms with Crippen LogP contribution >= 0.6 is 0 Å². The Morgan fingerprint density at radius 1 is 0.810 bits per heavy atom. The summed E-state index contributed by atoms with van der Waals surface area (Å²) in [5.41, 5.74) is 2.75. The quantitative estimate of drug-likeness (QED) is 0.683. The predicted molar refractivity (Wildman–Crippen MR) is 89.0 cm³/mol. The first-order valence-corrected chi connectivity index (χ1v) is 7.64. The first kappa shape index (κ1) is 15.6. The van der Waals surface area contributed by atoms with Gasteiger partial charge in [-0.25, -0.2) is 0 Å². The molecule has 0 fully saturated rings. The van der Waals surface area contributed by atoms with E-state index in [1.54, 1.807) is 0 Å². The minimum absolute atomic E-state index is 0.779. The Bertz CT molecular complexity index is 505. The molecule has 0 aliphatic carbocycles. The number of benzene rings is 2. The van der Waals surface area contributed by atoms with E-state index in [0.29, 0.717) is 0 Å². The number of hydrogen-bond donors (Lipinski definition) is 0. The molecule has 2 rings (SSSR count). The van der Waals surface area contributed by atoms with Crippen molar-refractivity contribution in [3.63, 3.8) is 0 Å². The second kappa shape index (κ2) is 8.48. The molecule has 0 aliphatic heterocycles. The summed E-state index contributed by atoms with van der Waals surface area (Å²) in [4.78, 5) is 2.18. The molecule has 0 atom stereocenters. The lowest BCUT2D eigenvalue weighted by atomic mass is 10.0. The van der Waals surface area contributed by atoms with Gasteiger partial charge in [0.1, 0.15) is 5.75 Å². The summed E-state index contributed by atoms with van der Waals surface area (Å²) in [5, 5.41) is 0. The molecule has 0 spiro atoms. The van der Waals surface area contributed by atoms with Crippen molar-refractivity contribution in [1.29, 1.82) is 0 Å². The maximum atomic E-state index is 5.75. The van der Waals surface area contributed by atoms with Crippen LogP contribution in [0.25, 0.3) is 0 Å². The molecular formula is C19H25NO. The van der Waals surface area contributed by atoms with Crippen molar-refractivity contribution in [2.24, 2.45) is 0 Å². The minimum Gasteiger partial charge on any atom is -0.494 e. The van der Waals surface area contributed by atoms with Gasteiger partial charge >= 0.3 is 0 Å². The highest BCUT2D eigenvalue weighted by Crippen LogP contribution is 2.14. The molecule has 0 saturated heterocycles. The van der Waals surface area contributed by atoms with Gasteiger partial charge in [-0.1, -0.05) is 42.5 Å². The van der Waals surface area contributed by atoms with Crippen molar-refractivity contribution in [1.82, 2.24) is 4.90 Å². The fourth-order valence-electron chi connectivity index (χ4n) is 2.26.